The minimum atomic E-state index is 0.338. The molecule has 0 rings (SSSR count). The molecule has 0 saturated heterocycles. The first-order valence-electron chi connectivity index (χ1n) is 1.51. The fraction of sp³-hybridized carbons (Fsp3) is 0.667. The second kappa shape index (κ2) is 2.15. The first-order valence-corrected chi connectivity index (χ1v) is 1.92. The number of hydrogen-bond acceptors (Lipinski definition) is 1. The third kappa shape index (κ3) is 3.89. The molecule has 0 aromatic carbocycles. The molecule has 0 aliphatic heterocycles. The second-order valence-electron chi connectivity index (χ2n) is 0.777. The molecule has 0 spiro atoms. The summed E-state index contributed by atoms with van der Waals surface area (Å²) in [6, 6.07) is 0. The number of nitrogens with one attached hydrogen (secondary N) is 1. The van der Waals surface area contributed by atoms with Crippen LogP contribution in [0.3, 0.4) is 0 Å². The Kier molecular flexibility index (Phi) is 2.10. The molecule has 5 heavy (non-hydrogen) atoms. The predicted octanol–water partition coefficient (Wildman–Crippen LogP) is 1.01. The van der Waals surface area contributed by atoms with Crippen LogP contribution in [0.4, 0.5) is 0 Å². The zero-order valence-electron chi connectivity index (χ0n) is 3.12. The highest BCUT2D eigenvalue weighted by atomic mass is 32.1. The highest BCUT2D eigenvalue weighted by Crippen LogP contribution is 1.72. The molecule has 0 aliphatic rings. The van der Waals surface area contributed by atoms with Gasteiger partial charge in [0.15, 0.2) is 0 Å². The van der Waals surface area contributed by atoms with E-state index in [1.165, 1.54) is 0 Å². The van der Waals surface area contributed by atoms with Crippen LogP contribution in [0.25, 0.3) is 0 Å². The van der Waals surface area contributed by atoms with Crippen LogP contribution in [0, 0.1) is 0 Å². The Bertz CT molecular complexity index is 42.2. The van der Waals surface area contributed by atoms with Crippen molar-refractivity contribution >= 4 is 17.2 Å². The molecule has 0 atom stereocenters. The van der Waals surface area contributed by atoms with Gasteiger partial charge < -0.3 is 0 Å². The van der Waals surface area contributed by atoms with Gasteiger partial charge in [-0.3, -0.25) is 5.73 Å². The Labute approximate surface area is 37.2 Å². The first-order chi connectivity index (χ1) is 2.27. The molecule has 1 N–H and O–H groups in total. The van der Waals surface area contributed by atoms with Gasteiger partial charge in [0.05, 0.1) is 4.99 Å². The van der Waals surface area contributed by atoms with E-state index in [2.05, 4.69) is 12.2 Å². The normalized spacial score (nSPS) is 7.40. The lowest BCUT2D eigenvalue weighted by atomic mass is 10.5. The molecule has 2 heteroatoms. The highest BCUT2D eigenvalue weighted by molar-refractivity contribution is 7.80. The summed E-state index contributed by atoms with van der Waals surface area (Å²) in [6.07, 6.45) is 0.704. The lowest BCUT2D eigenvalue weighted by molar-refractivity contribution is 1.28. The van der Waals surface area contributed by atoms with Crippen molar-refractivity contribution in [1.82, 2.24) is 5.73 Å². The van der Waals surface area contributed by atoms with Gasteiger partial charge in [0, 0.05) is 0 Å². The zero-order chi connectivity index (χ0) is 4.28. The molecule has 1 nitrogen and oxygen atoms in total. The van der Waals surface area contributed by atoms with Crippen LogP contribution in [-0.2, 0) is 0 Å². The van der Waals surface area contributed by atoms with Crippen molar-refractivity contribution in [3.63, 3.8) is 0 Å². The van der Waals surface area contributed by atoms with Crippen LogP contribution < -0.4 is 5.73 Å². The summed E-state index contributed by atoms with van der Waals surface area (Å²) in [5.41, 5.74) is 6.56. The zero-order valence-corrected chi connectivity index (χ0v) is 3.93. The second-order valence-corrected chi connectivity index (χ2v) is 1.27. The molecule has 1 radical (unpaired) electrons. The Hall–Kier alpha value is -0.110. The van der Waals surface area contributed by atoms with Gasteiger partial charge in [-0.05, 0) is 6.42 Å². The summed E-state index contributed by atoms with van der Waals surface area (Å²) in [5.74, 6) is 0. The maximum Gasteiger partial charge on any atom is 0.0937 e. The predicted molar refractivity (Wildman–Crippen MR) is 26.0 cm³/mol. The Morgan fingerprint density at radius 3 is 2.20 bits per heavy atom. The average Bonchev–Trinajstić information content (AvgIpc) is 1.38. The van der Waals surface area contributed by atoms with E-state index >= 15 is 0 Å². The van der Waals surface area contributed by atoms with E-state index in [9.17, 15) is 0 Å². The fourth-order valence-corrected chi connectivity index (χ4v) is 0. The van der Waals surface area contributed by atoms with Crippen molar-refractivity contribution in [1.29, 1.82) is 0 Å². The van der Waals surface area contributed by atoms with Crippen molar-refractivity contribution < 1.29 is 0 Å². The van der Waals surface area contributed by atoms with E-state index in [1.807, 2.05) is 6.92 Å². The Balaban J connectivity index is 2.85. The summed E-state index contributed by atoms with van der Waals surface area (Å²) in [4.78, 5) is 0.338. The maximum absolute atomic E-state index is 6.56. The van der Waals surface area contributed by atoms with E-state index in [0.29, 0.717) is 11.4 Å². The molecule has 0 heterocycles. The average molecular weight is 88.2 g/mol. The molecule has 0 amide bonds. The lowest BCUT2D eigenvalue weighted by Gasteiger charge is -1.75. The Morgan fingerprint density at radius 1 is 2.00 bits per heavy atom. The molecule has 29 valence electrons. The van der Waals surface area contributed by atoms with Crippen LogP contribution in [0.5, 0.6) is 0 Å². The third-order valence-corrected chi connectivity index (χ3v) is 0.610. The van der Waals surface area contributed by atoms with Crippen LogP contribution in [0.2, 0.25) is 0 Å². The maximum atomic E-state index is 6.56. The van der Waals surface area contributed by atoms with Gasteiger partial charge in [-0.2, -0.15) is 0 Å². The van der Waals surface area contributed by atoms with Gasteiger partial charge in [-0.1, -0.05) is 19.1 Å². The summed E-state index contributed by atoms with van der Waals surface area (Å²) < 4.78 is 0. The van der Waals surface area contributed by atoms with Crippen LogP contribution in [0.15, 0.2) is 0 Å². The summed E-state index contributed by atoms with van der Waals surface area (Å²) in [5, 5.41) is 0. The fourth-order valence-electron chi connectivity index (χ4n) is 0. The number of hydrogen-bond donors (Lipinski definition) is 0. The van der Waals surface area contributed by atoms with Gasteiger partial charge in [-0.25, -0.2) is 0 Å². The summed E-state index contributed by atoms with van der Waals surface area (Å²) >= 11 is 4.36. The van der Waals surface area contributed by atoms with Gasteiger partial charge >= 0.3 is 0 Å². The van der Waals surface area contributed by atoms with Crippen molar-refractivity contribution in [2.45, 2.75) is 13.3 Å². The third-order valence-electron chi connectivity index (χ3n) is 0.321. The van der Waals surface area contributed by atoms with Crippen LogP contribution in [-0.4, -0.2) is 4.99 Å². The van der Waals surface area contributed by atoms with E-state index in [4.69, 9.17) is 5.73 Å². The molecule has 0 fully saturated rings. The Morgan fingerprint density at radius 2 is 2.20 bits per heavy atom. The van der Waals surface area contributed by atoms with Crippen molar-refractivity contribution in [3.05, 3.63) is 0 Å². The largest absolute Gasteiger partial charge is 0.294 e. The number of rotatable bonds is 1. The van der Waals surface area contributed by atoms with Gasteiger partial charge in [-0.15, -0.1) is 0 Å². The monoisotopic (exact) mass is 88.0 g/mol. The van der Waals surface area contributed by atoms with Crippen molar-refractivity contribution in [2.75, 3.05) is 0 Å². The molecular weight excluding hydrogens is 82.1 g/mol. The highest BCUT2D eigenvalue weighted by Gasteiger charge is 1.73. The smallest absolute Gasteiger partial charge is 0.0937 e. The molecule has 0 aromatic rings. The minimum absolute atomic E-state index is 0.338. The SMILES string of the molecule is CCC([NH])=S. The van der Waals surface area contributed by atoms with Gasteiger partial charge in [0.2, 0.25) is 0 Å². The molecule has 0 aliphatic carbocycles. The van der Waals surface area contributed by atoms with Crippen molar-refractivity contribution in [3.8, 4) is 0 Å². The molecule has 0 aromatic heterocycles. The van der Waals surface area contributed by atoms with E-state index < -0.39 is 0 Å². The summed E-state index contributed by atoms with van der Waals surface area (Å²) in [7, 11) is 0. The topological polar surface area (TPSA) is 23.8 Å². The first kappa shape index (κ1) is 4.89. The molecule has 0 unspecified atom stereocenters. The quantitative estimate of drug-likeness (QED) is 0.439. The molecule has 0 saturated carbocycles. The van der Waals surface area contributed by atoms with Gasteiger partial charge in [0.25, 0.3) is 0 Å². The lowest BCUT2D eigenvalue weighted by Crippen LogP contribution is -1.86. The van der Waals surface area contributed by atoms with Gasteiger partial charge in [0.1, 0.15) is 0 Å². The molecule has 0 bridgehead atoms. The standard InChI is InChI=1S/C3H6NS/c1-2-3(4)5/h4H,2H2,1H3. The van der Waals surface area contributed by atoms with E-state index in [1.54, 1.807) is 0 Å². The summed E-state index contributed by atoms with van der Waals surface area (Å²) in [6.45, 7) is 1.87. The van der Waals surface area contributed by atoms with E-state index in [-0.39, 0.29) is 0 Å². The van der Waals surface area contributed by atoms with Crippen LogP contribution >= 0.6 is 12.2 Å². The van der Waals surface area contributed by atoms with E-state index in [0.717, 1.165) is 0 Å². The van der Waals surface area contributed by atoms with Crippen LogP contribution in [0.1, 0.15) is 13.3 Å². The minimum Gasteiger partial charge on any atom is -0.294 e. The number of thiocarbonyl (C=S) groups is 1. The van der Waals surface area contributed by atoms with Crippen molar-refractivity contribution in [2.24, 2.45) is 0 Å². The molecular formula is C3H6NS.